The molecule has 33 heavy (non-hydrogen) atoms. The van der Waals surface area contributed by atoms with Crippen molar-refractivity contribution in [1.82, 2.24) is 14.8 Å². The number of ketones is 1. The van der Waals surface area contributed by atoms with E-state index < -0.39 is 0 Å². The predicted molar refractivity (Wildman–Crippen MR) is 128 cm³/mol. The zero-order valence-electron chi connectivity index (χ0n) is 19.4. The molecule has 0 saturated heterocycles. The maximum atomic E-state index is 12.4. The topological polar surface area (TPSA) is 95.3 Å². The highest BCUT2D eigenvalue weighted by Gasteiger charge is 2.22. The van der Waals surface area contributed by atoms with Crippen LogP contribution in [0.15, 0.2) is 53.7 Å². The van der Waals surface area contributed by atoms with E-state index in [-0.39, 0.29) is 29.6 Å². The summed E-state index contributed by atoms with van der Waals surface area (Å²) in [5, 5.41) is 12.1. The van der Waals surface area contributed by atoms with Crippen LogP contribution in [0, 0.1) is 0 Å². The van der Waals surface area contributed by atoms with Crippen LogP contribution in [0.1, 0.15) is 56.0 Å². The largest absolute Gasteiger partial charge is 0.497 e. The van der Waals surface area contributed by atoms with Gasteiger partial charge in [0, 0.05) is 23.4 Å². The lowest BCUT2D eigenvalue weighted by Gasteiger charge is -2.19. The number of aromatic nitrogens is 3. The van der Waals surface area contributed by atoms with Crippen molar-refractivity contribution in [1.29, 1.82) is 0 Å². The molecule has 9 heteroatoms. The number of ether oxygens (including phenoxy) is 2. The van der Waals surface area contributed by atoms with Crippen LogP contribution in [0.3, 0.4) is 0 Å². The molecular formula is C24H28N4O4S. The molecule has 8 nitrogen and oxygen atoms in total. The first-order valence-electron chi connectivity index (χ1n) is 10.6. The number of rotatable bonds is 10. The van der Waals surface area contributed by atoms with Crippen LogP contribution in [0.4, 0.5) is 5.69 Å². The first-order valence-corrected chi connectivity index (χ1v) is 11.6. The van der Waals surface area contributed by atoms with Crippen molar-refractivity contribution in [3.05, 3.63) is 59.9 Å². The van der Waals surface area contributed by atoms with Crippen LogP contribution in [-0.2, 0) is 4.79 Å². The fourth-order valence-corrected chi connectivity index (χ4v) is 4.07. The molecule has 0 radical (unpaired) electrons. The molecule has 0 saturated carbocycles. The molecule has 3 rings (SSSR count). The number of anilines is 1. The molecule has 1 unspecified atom stereocenters. The van der Waals surface area contributed by atoms with Crippen molar-refractivity contribution < 1.29 is 19.1 Å². The van der Waals surface area contributed by atoms with Crippen molar-refractivity contribution in [2.45, 2.75) is 45.0 Å². The smallest absolute Gasteiger partial charge is 0.234 e. The summed E-state index contributed by atoms with van der Waals surface area (Å²) in [6, 6.07) is 14.3. The molecule has 0 aliphatic carbocycles. The van der Waals surface area contributed by atoms with Gasteiger partial charge in [0.1, 0.15) is 11.5 Å². The molecule has 0 aliphatic rings. The average Bonchev–Trinajstić information content (AvgIpc) is 3.23. The molecule has 0 spiro atoms. The van der Waals surface area contributed by atoms with Gasteiger partial charge in [-0.25, -0.2) is 0 Å². The van der Waals surface area contributed by atoms with Crippen molar-refractivity contribution in [3.8, 4) is 11.5 Å². The minimum absolute atomic E-state index is 0.0168. The molecule has 174 valence electrons. The van der Waals surface area contributed by atoms with Crippen LogP contribution in [0.5, 0.6) is 11.5 Å². The first-order chi connectivity index (χ1) is 15.8. The second-order valence-corrected chi connectivity index (χ2v) is 8.66. The summed E-state index contributed by atoms with van der Waals surface area (Å²) in [5.74, 6) is 2.04. The number of Topliss-reactive ketones (excluding diaryl/α,β-unsaturated/α-hetero) is 1. The average molecular weight is 469 g/mol. The van der Waals surface area contributed by atoms with Crippen molar-refractivity contribution in [3.63, 3.8) is 0 Å². The van der Waals surface area contributed by atoms with Gasteiger partial charge in [-0.3, -0.25) is 9.59 Å². The van der Waals surface area contributed by atoms with Gasteiger partial charge in [0.15, 0.2) is 22.9 Å². The summed E-state index contributed by atoms with van der Waals surface area (Å²) >= 11 is 1.31. The summed E-state index contributed by atoms with van der Waals surface area (Å²) in [6.45, 7) is 7.48. The maximum absolute atomic E-state index is 12.4. The van der Waals surface area contributed by atoms with E-state index in [4.69, 9.17) is 9.47 Å². The van der Waals surface area contributed by atoms with Gasteiger partial charge in [0.25, 0.3) is 0 Å². The third-order valence-corrected chi connectivity index (χ3v) is 5.78. The number of hydrogen-bond donors (Lipinski definition) is 1. The van der Waals surface area contributed by atoms with Crippen molar-refractivity contribution >= 4 is 29.1 Å². The Kier molecular flexibility index (Phi) is 8.11. The number of benzene rings is 2. The summed E-state index contributed by atoms with van der Waals surface area (Å²) in [5.41, 5.74) is 1.24. The molecule has 0 aliphatic heterocycles. The third-order valence-electron chi connectivity index (χ3n) is 4.83. The molecule has 1 N–H and O–H groups in total. The quantitative estimate of drug-likeness (QED) is 0.332. The van der Waals surface area contributed by atoms with Gasteiger partial charge in [-0.2, -0.15) is 0 Å². The molecule has 1 aromatic heterocycles. The lowest BCUT2D eigenvalue weighted by molar-refractivity contribution is -0.113. The van der Waals surface area contributed by atoms with Crippen LogP contribution >= 0.6 is 11.8 Å². The van der Waals surface area contributed by atoms with Crippen LogP contribution in [-0.4, -0.2) is 39.3 Å². The van der Waals surface area contributed by atoms with E-state index in [2.05, 4.69) is 15.5 Å². The van der Waals surface area contributed by atoms with Gasteiger partial charge in [0.05, 0.1) is 12.9 Å². The number of carbonyl (C=O) groups excluding carboxylic acids is 2. The van der Waals surface area contributed by atoms with Gasteiger partial charge in [-0.1, -0.05) is 17.8 Å². The zero-order chi connectivity index (χ0) is 24.0. The number of methoxy groups -OCH3 is 1. The van der Waals surface area contributed by atoms with Gasteiger partial charge in [0.2, 0.25) is 5.91 Å². The van der Waals surface area contributed by atoms with E-state index in [1.54, 1.807) is 31.4 Å². The Bertz CT molecular complexity index is 1110. The van der Waals surface area contributed by atoms with Gasteiger partial charge >= 0.3 is 0 Å². The number of nitrogens with zero attached hydrogens (tertiary/aromatic N) is 3. The standard InChI is InChI=1S/C24H28N4O4S/c1-15(2)28-23(17(4)32-21-8-6-7-20(13-21)31-5)26-27-24(28)33-14-22(30)25-19-11-9-18(10-12-19)16(3)29/h6-13,15,17H,14H2,1-5H3,(H,25,30). The maximum Gasteiger partial charge on any atom is 0.234 e. The second-order valence-electron chi connectivity index (χ2n) is 7.71. The SMILES string of the molecule is COc1cccc(OC(C)c2nnc(SCC(=O)Nc3ccc(C(C)=O)cc3)n2C(C)C)c1. The number of carbonyl (C=O) groups is 2. The molecule has 0 fully saturated rings. The highest BCUT2D eigenvalue weighted by molar-refractivity contribution is 7.99. The minimum atomic E-state index is -0.352. The van der Waals surface area contributed by atoms with E-state index in [0.29, 0.717) is 33.7 Å². The fourth-order valence-electron chi connectivity index (χ4n) is 3.20. The lowest BCUT2D eigenvalue weighted by atomic mass is 10.1. The van der Waals surface area contributed by atoms with E-state index >= 15 is 0 Å². The Labute approximate surface area is 197 Å². The molecule has 3 aromatic rings. The molecular weight excluding hydrogens is 440 g/mol. The normalized spacial score (nSPS) is 11.8. The Balaban J connectivity index is 1.66. The van der Waals surface area contributed by atoms with E-state index in [9.17, 15) is 9.59 Å². The molecule has 0 bridgehead atoms. The highest BCUT2D eigenvalue weighted by Crippen LogP contribution is 2.29. The van der Waals surface area contributed by atoms with E-state index in [1.807, 2.05) is 49.6 Å². The third kappa shape index (κ3) is 6.35. The highest BCUT2D eigenvalue weighted by atomic mass is 32.2. The minimum Gasteiger partial charge on any atom is -0.497 e. The molecule has 1 amide bonds. The van der Waals surface area contributed by atoms with Crippen LogP contribution < -0.4 is 14.8 Å². The van der Waals surface area contributed by atoms with Gasteiger partial charge < -0.3 is 19.4 Å². The Morgan fingerprint density at radius 1 is 1.06 bits per heavy atom. The summed E-state index contributed by atoms with van der Waals surface area (Å²) in [4.78, 5) is 23.8. The Morgan fingerprint density at radius 3 is 2.39 bits per heavy atom. The Morgan fingerprint density at radius 2 is 1.76 bits per heavy atom. The summed E-state index contributed by atoms with van der Waals surface area (Å²) < 4.78 is 13.3. The summed E-state index contributed by atoms with van der Waals surface area (Å²) in [6.07, 6.45) is -0.352. The molecule has 1 heterocycles. The Hall–Kier alpha value is -3.33. The monoisotopic (exact) mass is 468 g/mol. The fraction of sp³-hybridized carbons (Fsp3) is 0.333. The number of amides is 1. The van der Waals surface area contributed by atoms with Crippen LogP contribution in [0.25, 0.3) is 0 Å². The van der Waals surface area contributed by atoms with Crippen LogP contribution in [0.2, 0.25) is 0 Å². The van der Waals surface area contributed by atoms with Gasteiger partial charge in [-0.05, 0) is 64.1 Å². The van der Waals surface area contributed by atoms with E-state index in [1.165, 1.54) is 18.7 Å². The second kappa shape index (κ2) is 11.0. The number of thioether (sulfide) groups is 1. The number of nitrogens with one attached hydrogen (secondary N) is 1. The first kappa shape index (κ1) is 24.3. The summed E-state index contributed by atoms with van der Waals surface area (Å²) in [7, 11) is 1.61. The predicted octanol–water partition coefficient (Wildman–Crippen LogP) is 4.94. The van der Waals surface area contributed by atoms with Gasteiger partial charge in [-0.15, -0.1) is 10.2 Å². The number of hydrogen-bond acceptors (Lipinski definition) is 7. The van der Waals surface area contributed by atoms with Crippen molar-refractivity contribution in [2.24, 2.45) is 0 Å². The zero-order valence-corrected chi connectivity index (χ0v) is 20.2. The van der Waals surface area contributed by atoms with E-state index in [0.717, 1.165) is 0 Å². The molecule has 2 aromatic carbocycles. The van der Waals surface area contributed by atoms with Crippen molar-refractivity contribution in [2.75, 3.05) is 18.2 Å². The lowest BCUT2D eigenvalue weighted by Crippen LogP contribution is -2.16. The molecule has 1 atom stereocenters.